The molecule has 1 heterocycles. The SMILES string of the molecule is CN=C(NCCCCCN1CCCCC1)NCCc1ccc(OC)cc1. The highest BCUT2D eigenvalue weighted by Crippen LogP contribution is 2.11. The number of hydrogen-bond donors (Lipinski definition) is 2. The maximum Gasteiger partial charge on any atom is 0.190 e. The summed E-state index contributed by atoms with van der Waals surface area (Å²) in [6, 6.07) is 8.23. The number of benzene rings is 1. The van der Waals surface area contributed by atoms with Crippen LogP contribution in [0.1, 0.15) is 44.1 Å². The van der Waals surface area contributed by atoms with Crippen molar-refractivity contribution in [3.05, 3.63) is 29.8 Å². The minimum atomic E-state index is 0.876. The van der Waals surface area contributed by atoms with Crippen molar-refractivity contribution >= 4 is 5.96 Å². The number of guanidine groups is 1. The van der Waals surface area contributed by atoms with Crippen LogP contribution in [-0.2, 0) is 6.42 Å². The largest absolute Gasteiger partial charge is 0.497 e. The molecule has 0 saturated carbocycles. The van der Waals surface area contributed by atoms with E-state index in [0.29, 0.717) is 0 Å². The summed E-state index contributed by atoms with van der Waals surface area (Å²) >= 11 is 0. The molecule has 146 valence electrons. The summed E-state index contributed by atoms with van der Waals surface area (Å²) in [7, 11) is 3.53. The molecule has 1 aromatic carbocycles. The lowest BCUT2D eigenvalue weighted by molar-refractivity contribution is 0.224. The number of aliphatic imine (C=N–C) groups is 1. The fourth-order valence-corrected chi connectivity index (χ4v) is 3.37. The van der Waals surface area contributed by atoms with Crippen LogP contribution in [0, 0.1) is 0 Å². The minimum Gasteiger partial charge on any atom is -0.497 e. The Morgan fingerprint density at radius 1 is 1.00 bits per heavy atom. The number of piperidine rings is 1. The Kier molecular flexibility index (Phi) is 9.95. The predicted octanol–water partition coefficient (Wildman–Crippen LogP) is 3.06. The van der Waals surface area contributed by atoms with Gasteiger partial charge in [-0.25, -0.2) is 0 Å². The number of rotatable bonds is 10. The lowest BCUT2D eigenvalue weighted by Gasteiger charge is -2.26. The first-order valence-corrected chi connectivity index (χ1v) is 10.1. The molecule has 0 radical (unpaired) electrons. The minimum absolute atomic E-state index is 0.876. The number of ether oxygens (including phenoxy) is 1. The molecule has 1 aromatic rings. The molecule has 0 bridgehead atoms. The van der Waals surface area contributed by atoms with Crippen molar-refractivity contribution in [3.8, 4) is 5.75 Å². The molecule has 0 amide bonds. The van der Waals surface area contributed by atoms with Gasteiger partial charge in [0.1, 0.15) is 5.75 Å². The molecule has 5 heteroatoms. The van der Waals surface area contributed by atoms with Gasteiger partial charge in [0.15, 0.2) is 5.96 Å². The van der Waals surface area contributed by atoms with Crippen molar-refractivity contribution < 1.29 is 4.74 Å². The van der Waals surface area contributed by atoms with Gasteiger partial charge in [-0.1, -0.05) is 25.0 Å². The van der Waals surface area contributed by atoms with Crippen LogP contribution in [0.5, 0.6) is 5.75 Å². The Labute approximate surface area is 159 Å². The summed E-state index contributed by atoms with van der Waals surface area (Å²) in [5, 5.41) is 6.81. The summed E-state index contributed by atoms with van der Waals surface area (Å²) in [4.78, 5) is 6.93. The zero-order chi connectivity index (χ0) is 18.5. The van der Waals surface area contributed by atoms with Gasteiger partial charge < -0.3 is 20.3 Å². The van der Waals surface area contributed by atoms with Gasteiger partial charge in [0.05, 0.1) is 7.11 Å². The zero-order valence-electron chi connectivity index (χ0n) is 16.6. The predicted molar refractivity (Wildman–Crippen MR) is 110 cm³/mol. The van der Waals surface area contributed by atoms with E-state index in [9.17, 15) is 0 Å². The molecule has 0 unspecified atom stereocenters. The second kappa shape index (κ2) is 12.6. The van der Waals surface area contributed by atoms with Crippen LogP contribution < -0.4 is 15.4 Å². The van der Waals surface area contributed by atoms with E-state index >= 15 is 0 Å². The summed E-state index contributed by atoms with van der Waals surface area (Å²) in [5.41, 5.74) is 1.30. The van der Waals surface area contributed by atoms with Crippen LogP contribution in [0.2, 0.25) is 0 Å². The van der Waals surface area contributed by atoms with Gasteiger partial charge in [-0.3, -0.25) is 4.99 Å². The third-order valence-corrected chi connectivity index (χ3v) is 4.98. The number of methoxy groups -OCH3 is 1. The zero-order valence-corrected chi connectivity index (χ0v) is 16.6. The Balaban J connectivity index is 1.50. The van der Waals surface area contributed by atoms with E-state index in [1.54, 1.807) is 7.11 Å². The molecular formula is C21H36N4O. The van der Waals surface area contributed by atoms with Gasteiger partial charge in [-0.2, -0.15) is 0 Å². The van der Waals surface area contributed by atoms with E-state index in [2.05, 4.69) is 32.7 Å². The molecule has 2 rings (SSSR count). The van der Waals surface area contributed by atoms with Crippen LogP contribution >= 0.6 is 0 Å². The summed E-state index contributed by atoms with van der Waals surface area (Å²) in [6.07, 6.45) is 8.97. The van der Waals surface area contributed by atoms with Crippen LogP contribution in [0.25, 0.3) is 0 Å². The molecule has 1 aliphatic heterocycles. The van der Waals surface area contributed by atoms with E-state index in [1.807, 2.05) is 19.2 Å². The molecule has 0 atom stereocenters. The average Bonchev–Trinajstić information content (AvgIpc) is 2.70. The Bertz CT molecular complexity index is 509. The Morgan fingerprint density at radius 2 is 1.73 bits per heavy atom. The third kappa shape index (κ3) is 8.09. The summed E-state index contributed by atoms with van der Waals surface area (Å²) in [6.45, 7) is 5.75. The molecule has 1 saturated heterocycles. The van der Waals surface area contributed by atoms with Crippen molar-refractivity contribution in [1.29, 1.82) is 0 Å². The second-order valence-corrected chi connectivity index (χ2v) is 6.99. The number of likely N-dealkylation sites (tertiary alicyclic amines) is 1. The number of unbranched alkanes of at least 4 members (excludes halogenated alkanes) is 2. The van der Waals surface area contributed by atoms with Crippen molar-refractivity contribution in [3.63, 3.8) is 0 Å². The van der Waals surface area contributed by atoms with Gasteiger partial charge in [0, 0.05) is 20.1 Å². The van der Waals surface area contributed by atoms with E-state index in [1.165, 1.54) is 63.7 Å². The molecule has 0 spiro atoms. The van der Waals surface area contributed by atoms with E-state index in [-0.39, 0.29) is 0 Å². The maximum absolute atomic E-state index is 5.19. The lowest BCUT2D eigenvalue weighted by Crippen LogP contribution is -2.38. The molecule has 1 fully saturated rings. The number of nitrogens with one attached hydrogen (secondary N) is 2. The van der Waals surface area contributed by atoms with Gasteiger partial charge in [-0.05, 0) is 69.4 Å². The second-order valence-electron chi connectivity index (χ2n) is 6.99. The highest BCUT2D eigenvalue weighted by molar-refractivity contribution is 5.79. The normalized spacial score (nSPS) is 15.7. The Hall–Kier alpha value is -1.75. The first kappa shape index (κ1) is 20.6. The molecule has 0 aromatic heterocycles. The topological polar surface area (TPSA) is 48.9 Å². The maximum atomic E-state index is 5.19. The van der Waals surface area contributed by atoms with Gasteiger partial charge in [0.25, 0.3) is 0 Å². The van der Waals surface area contributed by atoms with Gasteiger partial charge in [-0.15, -0.1) is 0 Å². The monoisotopic (exact) mass is 360 g/mol. The molecular weight excluding hydrogens is 324 g/mol. The van der Waals surface area contributed by atoms with Crippen molar-refractivity contribution in [2.75, 3.05) is 46.9 Å². The van der Waals surface area contributed by atoms with E-state index in [4.69, 9.17) is 4.74 Å². The number of nitrogens with zero attached hydrogens (tertiary/aromatic N) is 2. The van der Waals surface area contributed by atoms with Crippen molar-refractivity contribution in [2.45, 2.75) is 44.9 Å². The lowest BCUT2D eigenvalue weighted by atomic mass is 10.1. The average molecular weight is 361 g/mol. The van der Waals surface area contributed by atoms with Gasteiger partial charge in [0.2, 0.25) is 0 Å². The Morgan fingerprint density at radius 3 is 2.42 bits per heavy atom. The molecule has 1 aliphatic rings. The quantitative estimate of drug-likeness (QED) is 0.382. The molecule has 26 heavy (non-hydrogen) atoms. The smallest absolute Gasteiger partial charge is 0.190 e. The highest BCUT2D eigenvalue weighted by Gasteiger charge is 2.08. The van der Waals surface area contributed by atoms with Crippen LogP contribution in [-0.4, -0.2) is 57.7 Å². The van der Waals surface area contributed by atoms with Crippen LogP contribution in [0.4, 0.5) is 0 Å². The third-order valence-electron chi connectivity index (χ3n) is 4.98. The van der Waals surface area contributed by atoms with Crippen molar-refractivity contribution in [2.24, 2.45) is 4.99 Å². The molecule has 2 N–H and O–H groups in total. The molecule has 5 nitrogen and oxygen atoms in total. The van der Waals surface area contributed by atoms with Crippen LogP contribution in [0.15, 0.2) is 29.3 Å². The first-order valence-electron chi connectivity index (χ1n) is 10.1. The molecule has 0 aliphatic carbocycles. The highest BCUT2D eigenvalue weighted by atomic mass is 16.5. The van der Waals surface area contributed by atoms with Crippen LogP contribution in [0.3, 0.4) is 0 Å². The number of hydrogen-bond acceptors (Lipinski definition) is 3. The van der Waals surface area contributed by atoms with Crippen molar-refractivity contribution in [1.82, 2.24) is 15.5 Å². The van der Waals surface area contributed by atoms with E-state index in [0.717, 1.165) is 31.2 Å². The fraction of sp³-hybridized carbons (Fsp3) is 0.667. The summed E-state index contributed by atoms with van der Waals surface area (Å²) < 4.78 is 5.19. The van der Waals surface area contributed by atoms with Gasteiger partial charge >= 0.3 is 0 Å². The standard InChI is InChI=1S/C21H36N4O/c1-22-21(24-15-13-19-9-11-20(26-2)12-10-19)23-14-5-3-6-16-25-17-7-4-8-18-25/h9-12H,3-8,13-18H2,1-2H3,(H2,22,23,24). The van der Waals surface area contributed by atoms with E-state index < -0.39 is 0 Å². The fourth-order valence-electron chi connectivity index (χ4n) is 3.37. The summed E-state index contributed by atoms with van der Waals surface area (Å²) in [5.74, 6) is 1.80. The first-order chi connectivity index (χ1) is 12.8.